The zero-order chi connectivity index (χ0) is 17.4. The molecule has 1 aliphatic heterocycles. The fourth-order valence-electron chi connectivity index (χ4n) is 3.60. The van der Waals surface area contributed by atoms with Crippen LogP contribution in [0.25, 0.3) is 22.0 Å². The van der Waals surface area contributed by atoms with Crippen LogP contribution in [0, 0.1) is 0 Å². The molecular weight excluding hydrogens is 330 g/mol. The van der Waals surface area contributed by atoms with Gasteiger partial charge in [-0.05, 0) is 36.6 Å². The fourth-order valence-corrected chi connectivity index (χ4v) is 3.73. The number of nitrogens with zero attached hydrogens (tertiary/aromatic N) is 1. The fraction of sp³-hybridized carbons (Fsp3) is 0.250. The molecule has 4 nitrogen and oxygen atoms in total. The van der Waals surface area contributed by atoms with Crippen molar-refractivity contribution in [1.29, 1.82) is 0 Å². The molecule has 0 radical (unpaired) electrons. The van der Waals surface area contributed by atoms with E-state index in [1.165, 1.54) is 16.5 Å². The Morgan fingerprint density at radius 2 is 1.92 bits per heavy atom. The van der Waals surface area contributed by atoms with Crippen molar-refractivity contribution in [2.75, 3.05) is 18.9 Å². The van der Waals surface area contributed by atoms with Gasteiger partial charge in [-0.15, -0.1) is 0 Å². The van der Waals surface area contributed by atoms with Crippen LogP contribution in [0.15, 0.2) is 48.7 Å². The quantitative estimate of drug-likeness (QED) is 0.555. The minimum Gasteiger partial charge on any atom is -0.399 e. The molecule has 0 spiro atoms. The molecule has 2 heterocycles. The lowest BCUT2D eigenvalue weighted by molar-refractivity contribution is 0.0707. The van der Waals surface area contributed by atoms with E-state index in [0.717, 1.165) is 42.9 Å². The number of nitrogen functional groups attached to an aromatic ring is 1. The SMILES string of the molecule is NC(=S)c1cccc(-c2cn(C3CCOCC3)c3cc(N)ccc23)c1. The normalized spacial score (nSPS) is 15.5. The van der Waals surface area contributed by atoms with Crippen LogP contribution in [0.2, 0.25) is 0 Å². The van der Waals surface area contributed by atoms with E-state index in [0.29, 0.717) is 11.0 Å². The van der Waals surface area contributed by atoms with Gasteiger partial charge >= 0.3 is 0 Å². The Bertz CT molecular complexity index is 941. The number of aromatic nitrogens is 1. The summed E-state index contributed by atoms with van der Waals surface area (Å²) in [6.45, 7) is 1.61. The van der Waals surface area contributed by atoms with Crippen molar-refractivity contribution in [3.63, 3.8) is 0 Å². The zero-order valence-electron chi connectivity index (χ0n) is 13.9. The Morgan fingerprint density at radius 1 is 1.12 bits per heavy atom. The van der Waals surface area contributed by atoms with Crippen LogP contribution in [0.5, 0.6) is 0 Å². The summed E-state index contributed by atoms with van der Waals surface area (Å²) >= 11 is 5.13. The van der Waals surface area contributed by atoms with E-state index < -0.39 is 0 Å². The van der Waals surface area contributed by atoms with Crippen LogP contribution < -0.4 is 11.5 Å². The van der Waals surface area contributed by atoms with Gasteiger partial charge in [0.2, 0.25) is 0 Å². The highest BCUT2D eigenvalue weighted by molar-refractivity contribution is 7.80. The Morgan fingerprint density at radius 3 is 2.68 bits per heavy atom. The summed E-state index contributed by atoms with van der Waals surface area (Å²) in [7, 11) is 0. The predicted octanol–water partition coefficient (Wildman–Crippen LogP) is 3.88. The van der Waals surface area contributed by atoms with Gasteiger partial charge < -0.3 is 20.8 Å². The molecule has 1 aromatic heterocycles. The highest BCUT2D eigenvalue weighted by atomic mass is 32.1. The monoisotopic (exact) mass is 351 g/mol. The first-order valence-electron chi connectivity index (χ1n) is 8.51. The van der Waals surface area contributed by atoms with Gasteiger partial charge in [-0.25, -0.2) is 0 Å². The third kappa shape index (κ3) is 3.01. The third-order valence-corrected chi connectivity index (χ3v) is 5.14. The number of rotatable bonds is 3. The van der Waals surface area contributed by atoms with E-state index in [1.807, 2.05) is 18.2 Å². The molecule has 4 N–H and O–H groups in total. The van der Waals surface area contributed by atoms with Crippen molar-refractivity contribution >= 4 is 33.8 Å². The lowest BCUT2D eigenvalue weighted by atomic mass is 10.0. The molecular formula is C20H21N3OS. The summed E-state index contributed by atoms with van der Waals surface area (Å²) in [5, 5.41) is 1.20. The van der Waals surface area contributed by atoms with E-state index in [9.17, 15) is 0 Å². The molecule has 0 atom stereocenters. The van der Waals surface area contributed by atoms with E-state index in [4.69, 9.17) is 28.4 Å². The first-order chi connectivity index (χ1) is 12.1. The van der Waals surface area contributed by atoms with Crippen LogP contribution in [-0.4, -0.2) is 22.8 Å². The molecule has 25 heavy (non-hydrogen) atoms. The Balaban J connectivity index is 1.89. The Labute approximate surface area is 152 Å². The maximum absolute atomic E-state index is 6.06. The van der Waals surface area contributed by atoms with Gasteiger partial charge in [0.25, 0.3) is 0 Å². The maximum Gasteiger partial charge on any atom is 0.104 e. The summed E-state index contributed by atoms with van der Waals surface area (Å²) in [4.78, 5) is 0.416. The standard InChI is InChI=1S/C20H21N3OS/c21-15-4-5-17-18(13-2-1-3-14(10-13)20(22)25)12-23(19(17)11-15)16-6-8-24-9-7-16/h1-5,10-12,16H,6-9,21H2,(H2,22,25). The maximum atomic E-state index is 6.06. The second-order valence-corrected chi connectivity index (χ2v) is 6.96. The topological polar surface area (TPSA) is 66.2 Å². The molecule has 0 aliphatic carbocycles. The molecule has 0 bridgehead atoms. The van der Waals surface area contributed by atoms with Crippen molar-refractivity contribution in [3.05, 3.63) is 54.2 Å². The van der Waals surface area contributed by atoms with Crippen molar-refractivity contribution in [1.82, 2.24) is 4.57 Å². The highest BCUT2D eigenvalue weighted by Gasteiger charge is 2.20. The second kappa shape index (κ2) is 6.50. The van der Waals surface area contributed by atoms with Crippen LogP contribution in [0.4, 0.5) is 5.69 Å². The molecule has 1 aliphatic rings. The number of thiocarbonyl (C=S) groups is 1. The van der Waals surface area contributed by atoms with Gasteiger partial charge in [0.1, 0.15) is 4.99 Å². The summed E-state index contributed by atoms with van der Waals surface area (Å²) in [6, 6.07) is 14.7. The average Bonchev–Trinajstić information content (AvgIpc) is 3.01. The molecule has 5 heteroatoms. The van der Waals surface area contributed by atoms with E-state index in [-0.39, 0.29) is 0 Å². The molecule has 0 saturated carbocycles. The lowest BCUT2D eigenvalue weighted by Crippen LogP contribution is -2.18. The molecule has 0 unspecified atom stereocenters. The number of fused-ring (bicyclic) bond motifs is 1. The van der Waals surface area contributed by atoms with Crippen molar-refractivity contribution in [3.8, 4) is 11.1 Å². The van der Waals surface area contributed by atoms with Gasteiger partial charge in [-0.1, -0.05) is 36.5 Å². The van der Waals surface area contributed by atoms with E-state index >= 15 is 0 Å². The molecule has 4 rings (SSSR count). The smallest absolute Gasteiger partial charge is 0.104 e. The van der Waals surface area contributed by atoms with Crippen LogP contribution in [0.1, 0.15) is 24.4 Å². The van der Waals surface area contributed by atoms with Crippen LogP contribution >= 0.6 is 12.2 Å². The van der Waals surface area contributed by atoms with Gasteiger partial charge in [0.05, 0.1) is 5.52 Å². The van der Waals surface area contributed by atoms with Crippen LogP contribution in [-0.2, 0) is 4.74 Å². The van der Waals surface area contributed by atoms with Crippen molar-refractivity contribution in [2.24, 2.45) is 5.73 Å². The van der Waals surface area contributed by atoms with Crippen LogP contribution in [0.3, 0.4) is 0 Å². The van der Waals surface area contributed by atoms with Crippen molar-refractivity contribution in [2.45, 2.75) is 18.9 Å². The number of ether oxygens (including phenoxy) is 1. The number of hydrogen-bond acceptors (Lipinski definition) is 3. The van der Waals surface area contributed by atoms with Gasteiger partial charge in [0.15, 0.2) is 0 Å². The number of hydrogen-bond donors (Lipinski definition) is 2. The minimum atomic E-state index is 0.416. The van der Waals surface area contributed by atoms with Gasteiger partial charge in [-0.2, -0.15) is 0 Å². The Kier molecular flexibility index (Phi) is 4.19. The molecule has 0 amide bonds. The molecule has 128 valence electrons. The van der Waals surface area contributed by atoms with Crippen molar-refractivity contribution < 1.29 is 4.74 Å². The number of benzene rings is 2. The summed E-state index contributed by atoms with van der Waals surface area (Å²) < 4.78 is 7.88. The molecule has 2 aromatic carbocycles. The molecule has 3 aromatic rings. The van der Waals surface area contributed by atoms with E-state index in [1.54, 1.807) is 0 Å². The van der Waals surface area contributed by atoms with E-state index in [2.05, 4.69) is 35.0 Å². The average molecular weight is 351 g/mol. The highest BCUT2D eigenvalue weighted by Crippen LogP contribution is 2.36. The largest absolute Gasteiger partial charge is 0.399 e. The molecule has 1 fully saturated rings. The Hall–Kier alpha value is -2.37. The lowest BCUT2D eigenvalue weighted by Gasteiger charge is -2.24. The minimum absolute atomic E-state index is 0.416. The number of nitrogens with two attached hydrogens (primary N) is 2. The number of anilines is 1. The zero-order valence-corrected chi connectivity index (χ0v) is 14.8. The first kappa shape index (κ1) is 16.1. The predicted molar refractivity (Wildman–Crippen MR) is 107 cm³/mol. The third-order valence-electron chi connectivity index (χ3n) is 4.90. The summed E-state index contributed by atoms with van der Waals surface area (Å²) in [5.74, 6) is 0. The first-order valence-corrected chi connectivity index (χ1v) is 8.92. The second-order valence-electron chi connectivity index (χ2n) is 6.52. The van der Waals surface area contributed by atoms with Gasteiger partial charge in [-0.3, -0.25) is 0 Å². The molecule has 1 saturated heterocycles. The van der Waals surface area contributed by atoms with Gasteiger partial charge in [0, 0.05) is 47.7 Å². The summed E-state index contributed by atoms with van der Waals surface area (Å²) in [5.41, 5.74) is 17.0. The summed E-state index contributed by atoms with van der Waals surface area (Å²) in [6.07, 6.45) is 4.27.